The summed E-state index contributed by atoms with van der Waals surface area (Å²) in [5.74, 6) is -1.50. The van der Waals surface area contributed by atoms with Crippen LogP contribution in [-0.2, 0) is 4.79 Å². The van der Waals surface area contributed by atoms with Crippen molar-refractivity contribution >= 4 is 17.5 Å². The van der Waals surface area contributed by atoms with Crippen LogP contribution >= 0.6 is 0 Å². The summed E-state index contributed by atoms with van der Waals surface area (Å²) in [5.41, 5.74) is 0.925. The van der Waals surface area contributed by atoms with Gasteiger partial charge in [0.25, 0.3) is 5.91 Å². The van der Waals surface area contributed by atoms with Crippen LogP contribution in [0.3, 0.4) is 0 Å². The number of carbonyl (C=O) groups is 2. The van der Waals surface area contributed by atoms with Crippen LogP contribution in [0.4, 0.5) is 14.5 Å². The molecule has 0 radical (unpaired) electrons. The number of hydrogen-bond acceptors (Lipinski definition) is 2. The third kappa shape index (κ3) is 4.21. The van der Waals surface area contributed by atoms with E-state index in [1.165, 1.54) is 48.5 Å². The highest BCUT2D eigenvalue weighted by Gasteiger charge is 2.29. The van der Waals surface area contributed by atoms with Gasteiger partial charge in [-0.1, -0.05) is 0 Å². The molecule has 2 amide bonds. The molecule has 2 aromatic rings. The average Bonchev–Trinajstić information content (AvgIpc) is 2.64. The predicted molar refractivity (Wildman–Crippen MR) is 90.1 cm³/mol. The van der Waals surface area contributed by atoms with Gasteiger partial charge in [-0.2, -0.15) is 0 Å². The summed E-state index contributed by atoms with van der Waals surface area (Å²) in [6, 6.07) is 10.9. The molecule has 1 saturated heterocycles. The molecule has 0 aliphatic carbocycles. The maximum atomic E-state index is 13.0. The molecule has 0 spiro atoms. The number of benzene rings is 2. The molecule has 0 bridgehead atoms. The van der Waals surface area contributed by atoms with E-state index in [-0.39, 0.29) is 23.5 Å². The fourth-order valence-corrected chi connectivity index (χ4v) is 2.93. The molecular weight excluding hydrogens is 326 g/mol. The van der Waals surface area contributed by atoms with Gasteiger partial charge in [0.15, 0.2) is 0 Å². The van der Waals surface area contributed by atoms with Crippen molar-refractivity contribution in [2.75, 3.05) is 18.4 Å². The van der Waals surface area contributed by atoms with E-state index in [1.54, 1.807) is 4.90 Å². The summed E-state index contributed by atoms with van der Waals surface area (Å²) in [6.45, 7) is 0.875. The molecule has 0 aromatic heterocycles. The van der Waals surface area contributed by atoms with Gasteiger partial charge in [-0.3, -0.25) is 9.59 Å². The van der Waals surface area contributed by atoms with Crippen LogP contribution in [0, 0.1) is 17.6 Å². The fraction of sp³-hybridized carbons (Fsp3) is 0.263. The molecule has 1 N–H and O–H groups in total. The molecule has 1 aliphatic heterocycles. The van der Waals surface area contributed by atoms with Crippen molar-refractivity contribution in [2.24, 2.45) is 5.92 Å². The summed E-state index contributed by atoms with van der Waals surface area (Å²) in [5, 5.41) is 2.75. The van der Waals surface area contributed by atoms with E-state index >= 15 is 0 Å². The Balaban J connectivity index is 1.63. The Morgan fingerprint density at radius 3 is 2.20 bits per heavy atom. The van der Waals surface area contributed by atoms with Crippen molar-refractivity contribution in [3.63, 3.8) is 0 Å². The Morgan fingerprint density at radius 1 is 0.960 bits per heavy atom. The molecule has 0 unspecified atom stereocenters. The molecule has 130 valence electrons. The smallest absolute Gasteiger partial charge is 0.253 e. The third-order valence-electron chi connectivity index (χ3n) is 4.28. The normalized spacial score (nSPS) is 17.2. The van der Waals surface area contributed by atoms with Gasteiger partial charge < -0.3 is 10.2 Å². The molecule has 25 heavy (non-hydrogen) atoms. The van der Waals surface area contributed by atoms with E-state index < -0.39 is 5.82 Å². The lowest BCUT2D eigenvalue weighted by Gasteiger charge is -2.32. The lowest BCUT2D eigenvalue weighted by molar-refractivity contribution is -0.121. The summed E-state index contributed by atoms with van der Waals surface area (Å²) < 4.78 is 25.9. The molecule has 1 fully saturated rings. The maximum Gasteiger partial charge on any atom is 0.253 e. The zero-order valence-corrected chi connectivity index (χ0v) is 13.5. The SMILES string of the molecule is O=C(Nc1ccc(F)cc1)[C@H]1CCCN(C(=O)c2ccc(F)cc2)C1. The minimum atomic E-state index is -0.397. The largest absolute Gasteiger partial charge is 0.338 e. The van der Waals surface area contributed by atoms with Crippen LogP contribution in [0.25, 0.3) is 0 Å². The zero-order chi connectivity index (χ0) is 17.8. The van der Waals surface area contributed by atoms with Crippen molar-refractivity contribution in [3.05, 3.63) is 65.7 Å². The van der Waals surface area contributed by atoms with E-state index in [0.717, 1.165) is 0 Å². The molecule has 1 heterocycles. The predicted octanol–water partition coefficient (Wildman–Crippen LogP) is 3.46. The van der Waals surface area contributed by atoms with E-state index in [0.29, 0.717) is 37.2 Å². The Kier molecular flexibility index (Phi) is 5.07. The van der Waals surface area contributed by atoms with Crippen LogP contribution in [-0.4, -0.2) is 29.8 Å². The topological polar surface area (TPSA) is 49.4 Å². The van der Waals surface area contributed by atoms with Gasteiger partial charge in [0, 0.05) is 24.3 Å². The lowest BCUT2D eigenvalue weighted by atomic mass is 9.96. The molecule has 3 rings (SSSR count). The third-order valence-corrected chi connectivity index (χ3v) is 4.28. The number of nitrogens with zero attached hydrogens (tertiary/aromatic N) is 1. The van der Waals surface area contributed by atoms with Crippen molar-refractivity contribution in [1.82, 2.24) is 4.90 Å². The number of piperidine rings is 1. The minimum absolute atomic E-state index is 0.191. The van der Waals surface area contributed by atoms with Gasteiger partial charge in [-0.05, 0) is 61.4 Å². The maximum absolute atomic E-state index is 13.0. The Bertz CT molecular complexity index is 760. The summed E-state index contributed by atoms with van der Waals surface area (Å²) in [7, 11) is 0. The molecule has 2 aromatic carbocycles. The Hall–Kier alpha value is -2.76. The molecule has 1 aliphatic rings. The summed E-state index contributed by atoms with van der Waals surface area (Å²) in [4.78, 5) is 26.5. The van der Waals surface area contributed by atoms with E-state index in [1.807, 2.05) is 0 Å². The number of carbonyl (C=O) groups excluding carboxylic acids is 2. The number of anilines is 1. The van der Waals surface area contributed by atoms with Crippen LogP contribution < -0.4 is 5.32 Å². The first-order valence-corrected chi connectivity index (χ1v) is 8.14. The number of amides is 2. The Labute approximate surface area is 144 Å². The minimum Gasteiger partial charge on any atom is -0.338 e. The quantitative estimate of drug-likeness (QED) is 0.927. The first-order chi connectivity index (χ1) is 12.0. The van der Waals surface area contributed by atoms with Crippen LogP contribution in [0.15, 0.2) is 48.5 Å². The standard InChI is InChI=1S/C19H18F2N2O2/c20-15-5-3-13(4-6-15)19(25)23-11-1-2-14(12-23)18(24)22-17-9-7-16(21)8-10-17/h3-10,14H,1-2,11-12H2,(H,22,24)/t14-/m0/s1. The van der Waals surface area contributed by atoms with Crippen LogP contribution in [0.5, 0.6) is 0 Å². The summed E-state index contributed by atoms with van der Waals surface area (Å²) >= 11 is 0. The second-order valence-electron chi connectivity index (χ2n) is 6.09. The molecular formula is C19H18F2N2O2. The van der Waals surface area contributed by atoms with E-state index in [4.69, 9.17) is 0 Å². The van der Waals surface area contributed by atoms with Gasteiger partial charge in [-0.25, -0.2) is 8.78 Å². The van der Waals surface area contributed by atoms with Gasteiger partial charge in [-0.15, -0.1) is 0 Å². The van der Waals surface area contributed by atoms with Gasteiger partial charge >= 0.3 is 0 Å². The zero-order valence-electron chi connectivity index (χ0n) is 13.5. The molecule has 4 nitrogen and oxygen atoms in total. The lowest BCUT2D eigenvalue weighted by Crippen LogP contribution is -2.43. The Morgan fingerprint density at radius 2 is 1.56 bits per heavy atom. The highest BCUT2D eigenvalue weighted by molar-refractivity contribution is 5.96. The second kappa shape index (κ2) is 7.42. The molecule has 1 atom stereocenters. The first kappa shape index (κ1) is 17.1. The first-order valence-electron chi connectivity index (χ1n) is 8.14. The van der Waals surface area contributed by atoms with Crippen molar-refractivity contribution in [1.29, 1.82) is 0 Å². The number of hydrogen-bond donors (Lipinski definition) is 1. The number of halogens is 2. The number of nitrogens with one attached hydrogen (secondary N) is 1. The van der Waals surface area contributed by atoms with Crippen molar-refractivity contribution in [3.8, 4) is 0 Å². The molecule has 0 saturated carbocycles. The number of likely N-dealkylation sites (tertiary alicyclic amines) is 1. The monoisotopic (exact) mass is 344 g/mol. The highest BCUT2D eigenvalue weighted by atomic mass is 19.1. The van der Waals surface area contributed by atoms with Crippen molar-refractivity contribution in [2.45, 2.75) is 12.8 Å². The summed E-state index contributed by atoms with van der Waals surface area (Å²) in [6.07, 6.45) is 1.40. The van der Waals surface area contributed by atoms with E-state index in [2.05, 4.69) is 5.32 Å². The highest BCUT2D eigenvalue weighted by Crippen LogP contribution is 2.21. The fourth-order valence-electron chi connectivity index (χ4n) is 2.93. The van der Waals surface area contributed by atoms with E-state index in [9.17, 15) is 18.4 Å². The second-order valence-corrected chi connectivity index (χ2v) is 6.09. The molecule has 6 heteroatoms. The average molecular weight is 344 g/mol. The van der Waals surface area contributed by atoms with Crippen LogP contribution in [0.2, 0.25) is 0 Å². The van der Waals surface area contributed by atoms with Gasteiger partial charge in [0.05, 0.1) is 5.92 Å². The van der Waals surface area contributed by atoms with Crippen molar-refractivity contribution < 1.29 is 18.4 Å². The van der Waals surface area contributed by atoms with Gasteiger partial charge in [0.1, 0.15) is 11.6 Å². The van der Waals surface area contributed by atoms with Gasteiger partial charge in [0.2, 0.25) is 5.91 Å². The van der Waals surface area contributed by atoms with Crippen LogP contribution in [0.1, 0.15) is 23.2 Å². The number of rotatable bonds is 3.